The fraction of sp³-hybridized carbons (Fsp3) is 0.303. The number of nitrogens with zero attached hydrogens (tertiary/aromatic N) is 1. The average Bonchev–Trinajstić information content (AvgIpc) is 2.88. The Morgan fingerprint density at radius 2 is 1.47 bits per heavy atom. The first kappa shape index (κ1) is 27.8. The van der Waals surface area contributed by atoms with Crippen LogP contribution in [0.5, 0.6) is 5.75 Å². The topological polar surface area (TPSA) is 13.1 Å². The SMILES string of the molecule is [CH2-]c1ccc(-c2cccc(OCCCCCCCCCC)c2)cc1-c1c2ccccc2cc[n+]1[CH2-].[Ir]. The summed E-state index contributed by atoms with van der Waals surface area (Å²) in [4.78, 5) is 0. The largest absolute Gasteiger partial charge is 0.494 e. The fourth-order valence-corrected chi connectivity index (χ4v) is 4.73. The summed E-state index contributed by atoms with van der Waals surface area (Å²) in [6, 6.07) is 25.4. The summed E-state index contributed by atoms with van der Waals surface area (Å²) in [5.74, 6) is 0.933. The summed E-state index contributed by atoms with van der Waals surface area (Å²) in [6.07, 6.45) is 12.5. The van der Waals surface area contributed by atoms with E-state index in [1.807, 2.05) is 10.8 Å². The van der Waals surface area contributed by atoms with Crippen LogP contribution in [-0.4, -0.2) is 6.61 Å². The summed E-state index contributed by atoms with van der Waals surface area (Å²) in [5.41, 5.74) is 5.47. The van der Waals surface area contributed by atoms with E-state index in [1.165, 1.54) is 55.7 Å². The predicted octanol–water partition coefficient (Wildman–Crippen LogP) is 8.80. The van der Waals surface area contributed by atoms with Gasteiger partial charge in [0.2, 0.25) is 0 Å². The fourth-order valence-electron chi connectivity index (χ4n) is 4.73. The summed E-state index contributed by atoms with van der Waals surface area (Å²) >= 11 is 0. The maximum absolute atomic E-state index is 6.10. The molecule has 2 nitrogen and oxygen atoms in total. The molecule has 0 spiro atoms. The Kier molecular flexibility index (Phi) is 10.9. The molecular weight excluding hydrogens is 619 g/mol. The Bertz CT molecular complexity index is 1250. The minimum absolute atomic E-state index is 0. The monoisotopic (exact) mass is 657 g/mol. The molecule has 0 aliphatic carbocycles. The Morgan fingerprint density at radius 1 is 0.750 bits per heavy atom. The van der Waals surface area contributed by atoms with Crippen molar-refractivity contribution < 1.29 is 29.4 Å². The number of pyridine rings is 1. The van der Waals surface area contributed by atoms with Crippen molar-refractivity contribution in [3.05, 3.63) is 98.5 Å². The molecule has 0 N–H and O–H groups in total. The maximum Gasteiger partial charge on any atom is 0.119 e. The molecule has 4 rings (SSSR count). The van der Waals surface area contributed by atoms with Gasteiger partial charge in [0.05, 0.1) is 18.5 Å². The van der Waals surface area contributed by atoms with Gasteiger partial charge in [0.1, 0.15) is 5.75 Å². The van der Waals surface area contributed by atoms with Crippen LogP contribution in [0.15, 0.2) is 79.0 Å². The quantitative estimate of drug-likeness (QED) is 0.0844. The van der Waals surface area contributed by atoms with E-state index in [2.05, 4.69) is 93.7 Å². The standard InChI is InChI=1S/C33H38NO.Ir/c1-4-5-6-7-8-9-10-13-23-35-30-17-14-16-28(24-30)29-20-19-26(2)32(25-29)33-31-18-12-11-15-27(31)21-22-34(33)3;/h11-12,14-22,24-25H,2-10,13,23H2,1H3;/q-1;. The van der Waals surface area contributed by atoms with Crippen LogP contribution in [0.25, 0.3) is 33.2 Å². The molecule has 0 amide bonds. The van der Waals surface area contributed by atoms with Gasteiger partial charge in [0.25, 0.3) is 0 Å². The van der Waals surface area contributed by atoms with E-state index in [9.17, 15) is 0 Å². The zero-order chi connectivity index (χ0) is 24.5. The Hall–Kier alpha value is -2.74. The summed E-state index contributed by atoms with van der Waals surface area (Å²) in [5, 5.41) is 2.37. The van der Waals surface area contributed by atoms with Crippen LogP contribution in [0.2, 0.25) is 0 Å². The molecule has 0 saturated heterocycles. The molecule has 191 valence electrons. The molecule has 0 bridgehead atoms. The van der Waals surface area contributed by atoms with Gasteiger partial charge >= 0.3 is 0 Å². The van der Waals surface area contributed by atoms with Gasteiger partial charge in [-0.25, -0.2) is 0 Å². The molecule has 0 aliphatic heterocycles. The van der Waals surface area contributed by atoms with Crippen LogP contribution in [0.1, 0.15) is 63.9 Å². The number of unbranched alkanes of at least 4 members (excludes halogenated alkanes) is 7. The number of ether oxygens (including phenoxy) is 1. The number of benzene rings is 3. The van der Waals surface area contributed by atoms with Crippen LogP contribution < -0.4 is 9.30 Å². The number of hydrogen-bond donors (Lipinski definition) is 0. The minimum atomic E-state index is 0. The van der Waals surface area contributed by atoms with Gasteiger partial charge in [-0.2, -0.15) is 18.6 Å². The second-order valence-corrected chi connectivity index (χ2v) is 9.44. The van der Waals surface area contributed by atoms with Gasteiger partial charge in [0.15, 0.2) is 0 Å². The molecule has 4 aromatic rings. The number of hydrogen-bond acceptors (Lipinski definition) is 1. The van der Waals surface area contributed by atoms with Crippen molar-refractivity contribution in [2.75, 3.05) is 6.61 Å². The van der Waals surface area contributed by atoms with E-state index >= 15 is 0 Å². The van der Waals surface area contributed by atoms with E-state index in [0.717, 1.165) is 46.7 Å². The number of fused-ring (bicyclic) bond motifs is 1. The van der Waals surface area contributed by atoms with Crippen LogP contribution >= 0.6 is 0 Å². The first-order valence-corrected chi connectivity index (χ1v) is 13.1. The van der Waals surface area contributed by atoms with E-state index in [1.54, 1.807) is 0 Å². The Labute approximate surface area is 231 Å². The molecule has 36 heavy (non-hydrogen) atoms. The van der Waals surface area contributed by atoms with Crippen LogP contribution in [0, 0.1) is 14.0 Å². The molecular formula is C33H38IrNO-. The van der Waals surface area contributed by atoms with E-state index in [4.69, 9.17) is 4.74 Å². The van der Waals surface area contributed by atoms with Gasteiger partial charge in [-0.05, 0) is 46.5 Å². The second kappa shape index (κ2) is 14.1. The normalized spacial score (nSPS) is 10.8. The van der Waals surface area contributed by atoms with Crippen molar-refractivity contribution >= 4 is 10.8 Å². The Balaban J connectivity index is 0.00000361. The van der Waals surface area contributed by atoms with Crippen molar-refractivity contribution in [3.8, 4) is 28.1 Å². The van der Waals surface area contributed by atoms with Crippen molar-refractivity contribution in [1.29, 1.82) is 0 Å². The van der Waals surface area contributed by atoms with Gasteiger partial charge in [-0.3, -0.25) is 0 Å². The molecule has 0 unspecified atom stereocenters. The summed E-state index contributed by atoms with van der Waals surface area (Å²) < 4.78 is 8.05. The van der Waals surface area contributed by atoms with Gasteiger partial charge in [0, 0.05) is 27.2 Å². The van der Waals surface area contributed by atoms with Crippen molar-refractivity contribution in [2.45, 2.75) is 58.3 Å². The third-order valence-electron chi connectivity index (χ3n) is 6.74. The van der Waals surface area contributed by atoms with Crippen molar-refractivity contribution in [1.82, 2.24) is 0 Å². The Morgan fingerprint density at radius 3 is 2.28 bits per heavy atom. The van der Waals surface area contributed by atoms with Gasteiger partial charge < -0.3 is 9.30 Å². The summed E-state index contributed by atoms with van der Waals surface area (Å²) in [6.45, 7) is 7.36. The summed E-state index contributed by atoms with van der Waals surface area (Å²) in [7, 11) is 4.25. The first-order chi connectivity index (χ1) is 17.2. The van der Waals surface area contributed by atoms with Crippen LogP contribution in [0.3, 0.4) is 0 Å². The molecule has 3 aromatic carbocycles. The van der Waals surface area contributed by atoms with E-state index in [-0.39, 0.29) is 20.1 Å². The predicted molar refractivity (Wildman–Crippen MR) is 148 cm³/mol. The van der Waals surface area contributed by atoms with Crippen LogP contribution in [-0.2, 0) is 20.1 Å². The average molecular weight is 657 g/mol. The molecule has 0 saturated carbocycles. The molecule has 3 heteroatoms. The second-order valence-electron chi connectivity index (χ2n) is 9.44. The molecule has 1 radical (unpaired) electrons. The van der Waals surface area contributed by atoms with E-state index < -0.39 is 0 Å². The van der Waals surface area contributed by atoms with Crippen LogP contribution in [0.4, 0.5) is 0 Å². The van der Waals surface area contributed by atoms with Gasteiger partial charge in [-0.1, -0.05) is 88.3 Å². The van der Waals surface area contributed by atoms with Crippen molar-refractivity contribution in [2.24, 2.45) is 0 Å². The third kappa shape index (κ3) is 7.15. The molecule has 0 aliphatic rings. The first-order valence-electron chi connectivity index (χ1n) is 13.1. The zero-order valence-electron chi connectivity index (χ0n) is 21.5. The van der Waals surface area contributed by atoms with Gasteiger partial charge in [-0.15, -0.1) is 17.7 Å². The number of aromatic nitrogens is 1. The molecule has 0 atom stereocenters. The minimum Gasteiger partial charge on any atom is -0.494 e. The van der Waals surface area contributed by atoms with E-state index in [0.29, 0.717) is 0 Å². The third-order valence-corrected chi connectivity index (χ3v) is 6.74. The zero-order valence-corrected chi connectivity index (χ0v) is 23.9. The molecule has 1 heterocycles. The smallest absolute Gasteiger partial charge is 0.119 e. The molecule has 1 aromatic heterocycles. The molecule has 0 fully saturated rings. The van der Waals surface area contributed by atoms with Crippen molar-refractivity contribution in [3.63, 3.8) is 0 Å². The number of rotatable bonds is 12. The maximum atomic E-state index is 6.10.